The van der Waals surface area contributed by atoms with Crippen LogP contribution in [0.25, 0.3) is 11.8 Å². The number of benzene rings is 4. The molecule has 0 amide bonds. The van der Waals surface area contributed by atoms with Crippen LogP contribution in [0.15, 0.2) is 112 Å². The predicted molar refractivity (Wildman–Crippen MR) is 156 cm³/mol. The van der Waals surface area contributed by atoms with Gasteiger partial charge >= 0.3 is 0 Å². The van der Waals surface area contributed by atoms with Gasteiger partial charge in [0, 0.05) is 16.7 Å². The maximum atomic E-state index is 14.5. The van der Waals surface area contributed by atoms with E-state index in [4.69, 9.17) is 9.73 Å². The van der Waals surface area contributed by atoms with Crippen molar-refractivity contribution in [2.45, 2.75) is 25.5 Å². The lowest BCUT2D eigenvalue weighted by Crippen LogP contribution is -2.38. The zero-order valence-corrected chi connectivity index (χ0v) is 22.7. The number of para-hydroxylation sites is 1. The molecule has 0 unspecified atom stereocenters. The Kier molecular flexibility index (Phi) is 6.44. The maximum absolute atomic E-state index is 14.5. The first kappa shape index (κ1) is 25.4. The fraction of sp³-hybridized carbons (Fsp3) is 0.118. The number of aromatic nitrogens is 1. The maximum Gasteiger partial charge on any atom is 0.271 e. The molecule has 0 saturated carbocycles. The van der Waals surface area contributed by atoms with Gasteiger partial charge in [0.15, 0.2) is 4.80 Å². The van der Waals surface area contributed by atoms with Crippen molar-refractivity contribution in [2.24, 2.45) is 4.99 Å². The van der Waals surface area contributed by atoms with Gasteiger partial charge in [0.1, 0.15) is 24.0 Å². The van der Waals surface area contributed by atoms with Gasteiger partial charge in [-0.15, -0.1) is 0 Å². The summed E-state index contributed by atoms with van der Waals surface area (Å²) in [6.07, 6.45) is 3.35. The third-order valence-electron chi connectivity index (χ3n) is 7.58. The van der Waals surface area contributed by atoms with Crippen LogP contribution in [0.4, 0.5) is 8.78 Å². The number of rotatable bonds is 5. The Bertz CT molecular complexity index is 2030. The average Bonchev–Trinajstić information content (AvgIpc) is 3.30. The second-order valence-corrected chi connectivity index (χ2v) is 11.1. The van der Waals surface area contributed by atoms with Crippen molar-refractivity contribution in [3.05, 3.63) is 162 Å². The largest absolute Gasteiger partial charge is 0.488 e. The number of fused-ring (bicyclic) bond motifs is 3. The van der Waals surface area contributed by atoms with Crippen molar-refractivity contribution in [1.29, 1.82) is 0 Å². The normalized spacial score (nSPS) is 16.0. The highest BCUT2D eigenvalue weighted by atomic mass is 32.1. The number of hydrogen-bond donors (Lipinski definition) is 0. The fourth-order valence-electron chi connectivity index (χ4n) is 5.64. The molecule has 1 atom stereocenters. The number of ether oxygens (including phenoxy) is 1. The van der Waals surface area contributed by atoms with Crippen LogP contribution in [-0.4, -0.2) is 4.57 Å². The van der Waals surface area contributed by atoms with E-state index < -0.39 is 6.04 Å². The molecule has 1 aromatic heterocycles. The third-order valence-corrected chi connectivity index (χ3v) is 8.57. The highest BCUT2D eigenvalue weighted by molar-refractivity contribution is 7.07. The molecule has 0 bridgehead atoms. The fourth-order valence-corrected chi connectivity index (χ4v) is 6.63. The molecule has 5 aromatic rings. The van der Waals surface area contributed by atoms with E-state index in [1.807, 2.05) is 36.4 Å². The Morgan fingerprint density at radius 3 is 2.61 bits per heavy atom. The Morgan fingerprint density at radius 1 is 0.927 bits per heavy atom. The lowest BCUT2D eigenvalue weighted by atomic mass is 9.83. The van der Waals surface area contributed by atoms with E-state index in [0.29, 0.717) is 31.8 Å². The molecule has 7 rings (SSSR count). The van der Waals surface area contributed by atoms with Gasteiger partial charge in [-0.25, -0.2) is 13.8 Å². The van der Waals surface area contributed by atoms with Crippen molar-refractivity contribution in [3.63, 3.8) is 0 Å². The lowest BCUT2D eigenvalue weighted by molar-refractivity contribution is 0.299. The van der Waals surface area contributed by atoms with Gasteiger partial charge in [0.2, 0.25) is 0 Å². The topological polar surface area (TPSA) is 43.6 Å². The monoisotopic (exact) mass is 562 g/mol. The minimum atomic E-state index is -0.458. The first-order valence-corrected chi connectivity index (χ1v) is 14.2. The number of halogens is 2. The molecule has 1 aliphatic heterocycles. The van der Waals surface area contributed by atoms with Crippen LogP contribution in [0.1, 0.15) is 40.3 Å². The van der Waals surface area contributed by atoms with Crippen LogP contribution < -0.4 is 19.6 Å². The van der Waals surface area contributed by atoms with E-state index in [2.05, 4.69) is 12.1 Å². The smallest absolute Gasteiger partial charge is 0.271 e. The van der Waals surface area contributed by atoms with Crippen LogP contribution in [0.5, 0.6) is 5.75 Å². The minimum Gasteiger partial charge on any atom is -0.488 e. The van der Waals surface area contributed by atoms with E-state index in [0.717, 1.165) is 29.7 Å². The van der Waals surface area contributed by atoms with Crippen LogP contribution in [0, 0.1) is 11.6 Å². The van der Waals surface area contributed by atoms with Gasteiger partial charge in [-0.2, -0.15) is 0 Å². The Hall–Kier alpha value is -4.62. The molecule has 202 valence electrons. The summed E-state index contributed by atoms with van der Waals surface area (Å²) in [6.45, 7) is 0.0600. The molecule has 4 nitrogen and oxygen atoms in total. The second-order valence-electron chi connectivity index (χ2n) is 10.1. The SMILES string of the molecule is O=c1/c(=C\c2ccccc2OCc2ccccc2F)sc2n1[C@@H](c1cccc(F)c1)C1=C(N=2)c2ccccc2CC1. The highest BCUT2D eigenvalue weighted by Crippen LogP contribution is 2.41. The summed E-state index contributed by atoms with van der Waals surface area (Å²) in [5, 5.41) is 0. The standard InChI is InChI=1S/C34H24F2N2O2S/c35-25-12-7-11-23(18-25)32-27-17-16-21-8-1-4-13-26(21)31(27)37-34-38(32)33(39)30(41-34)19-22-9-3-6-15-29(22)40-20-24-10-2-5-14-28(24)36/h1-15,18-19,32H,16-17,20H2/b30-19+/t32-/m0/s1. The van der Waals surface area contributed by atoms with Gasteiger partial charge in [-0.05, 0) is 59.9 Å². The van der Waals surface area contributed by atoms with Crippen molar-refractivity contribution < 1.29 is 13.5 Å². The van der Waals surface area contributed by atoms with Gasteiger partial charge in [0.05, 0.1) is 16.3 Å². The third kappa shape index (κ3) is 4.62. The first-order valence-electron chi connectivity index (χ1n) is 13.4. The molecule has 2 heterocycles. The number of aryl methyl sites for hydroxylation is 1. The van der Waals surface area contributed by atoms with E-state index in [1.54, 1.807) is 41.0 Å². The molecule has 41 heavy (non-hydrogen) atoms. The molecule has 7 heteroatoms. The van der Waals surface area contributed by atoms with E-state index in [9.17, 15) is 13.6 Å². The second kappa shape index (κ2) is 10.4. The number of nitrogens with zero attached hydrogens (tertiary/aromatic N) is 2. The molecular weight excluding hydrogens is 538 g/mol. The van der Waals surface area contributed by atoms with Crippen molar-refractivity contribution in [1.82, 2.24) is 4.57 Å². The van der Waals surface area contributed by atoms with E-state index >= 15 is 0 Å². The van der Waals surface area contributed by atoms with Crippen molar-refractivity contribution in [2.75, 3.05) is 0 Å². The number of thiazole rings is 1. The molecular formula is C34H24F2N2O2S. The summed E-state index contributed by atoms with van der Waals surface area (Å²) in [5.41, 5.74) is 5.82. The number of hydrogen-bond acceptors (Lipinski definition) is 4. The van der Waals surface area contributed by atoms with Crippen molar-refractivity contribution in [3.8, 4) is 5.75 Å². The molecule has 0 spiro atoms. The number of allylic oxidation sites excluding steroid dienone is 1. The lowest BCUT2D eigenvalue weighted by Gasteiger charge is -2.30. The van der Waals surface area contributed by atoms with Gasteiger partial charge in [0.25, 0.3) is 5.56 Å². The molecule has 0 N–H and O–H groups in total. The zero-order valence-electron chi connectivity index (χ0n) is 21.9. The summed E-state index contributed by atoms with van der Waals surface area (Å²) in [6, 6.07) is 28.1. The quantitative estimate of drug-likeness (QED) is 0.257. The molecule has 0 fully saturated rings. The summed E-state index contributed by atoms with van der Waals surface area (Å²) in [4.78, 5) is 19.6. The first-order chi connectivity index (χ1) is 20.1. The summed E-state index contributed by atoms with van der Waals surface area (Å²) in [7, 11) is 0. The molecule has 4 aromatic carbocycles. The van der Waals surface area contributed by atoms with Crippen LogP contribution in [0.3, 0.4) is 0 Å². The molecule has 0 radical (unpaired) electrons. The predicted octanol–water partition coefficient (Wildman–Crippen LogP) is 6.18. The van der Waals surface area contributed by atoms with Crippen LogP contribution in [-0.2, 0) is 13.0 Å². The molecule has 2 aliphatic rings. The van der Waals surface area contributed by atoms with E-state index in [-0.39, 0.29) is 23.8 Å². The molecule has 1 aliphatic carbocycles. The van der Waals surface area contributed by atoms with Crippen LogP contribution in [0.2, 0.25) is 0 Å². The van der Waals surface area contributed by atoms with Gasteiger partial charge in [-0.1, -0.05) is 84.1 Å². The van der Waals surface area contributed by atoms with Crippen LogP contribution >= 0.6 is 11.3 Å². The Labute approximate surface area is 238 Å². The highest BCUT2D eigenvalue weighted by Gasteiger charge is 2.32. The Balaban J connectivity index is 1.37. The van der Waals surface area contributed by atoms with E-state index in [1.165, 1.54) is 35.1 Å². The summed E-state index contributed by atoms with van der Waals surface area (Å²) in [5.74, 6) is -0.140. The van der Waals surface area contributed by atoms with Gasteiger partial charge < -0.3 is 4.74 Å². The van der Waals surface area contributed by atoms with Crippen molar-refractivity contribution >= 4 is 23.1 Å². The molecule has 0 saturated heterocycles. The zero-order chi connectivity index (χ0) is 27.9. The summed E-state index contributed by atoms with van der Waals surface area (Å²) < 4.78 is 36.8. The minimum absolute atomic E-state index is 0.0600. The Morgan fingerprint density at radius 2 is 1.73 bits per heavy atom. The summed E-state index contributed by atoms with van der Waals surface area (Å²) >= 11 is 1.30. The average molecular weight is 563 g/mol. The van der Waals surface area contributed by atoms with Gasteiger partial charge in [-0.3, -0.25) is 9.36 Å².